The molecule has 1 atom stereocenters. The molecule has 0 aromatic heterocycles. The highest BCUT2D eigenvalue weighted by Gasteiger charge is 2.49. The van der Waals surface area contributed by atoms with Crippen molar-refractivity contribution in [2.45, 2.75) is 51.1 Å². The van der Waals surface area contributed by atoms with Crippen molar-refractivity contribution >= 4 is 17.8 Å². The van der Waals surface area contributed by atoms with Gasteiger partial charge in [0.1, 0.15) is 5.54 Å². The van der Waals surface area contributed by atoms with E-state index in [1.54, 1.807) is 4.90 Å². The quantitative estimate of drug-likeness (QED) is 0.638. The van der Waals surface area contributed by atoms with Crippen LogP contribution < -0.4 is 16.0 Å². The van der Waals surface area contributed by atoms with Crippen molar-refractivity contribution in [2.24, 2.45) is 0 Å². The third-order valence-corrected chi connectivity index (χ3v) is 3.85. The van der Waals surface area contributed by atoms with E-state index in [0.29, 0.717) is 32.4 Å². The molecule has 0 radical (unpaired) electrons. The molecule has 0 aliphatic carbocycles. The molecule has 2 aliphatic rings. The third-order valence-electron chi connectivity index (χ3n) is 3.85. The molecule has 118 valence electrons. The van der Waals surface area contributed by atoms with Crippen molar-refractivity contribution < 1.29 is 14.4 Å². The van der Waals surface area contributed by atoms with E-state index in [-0.39, 0.29) is 23.9 Å². The lowest BCUT2D eigenvalue weighted by molar-refractivity contribution is -0.136. The predicted octanol–water partition coefficient (Wildman–Crippen LogP) is -0.0348. The largest absolute Gasteiger partial charge is 0.340 e. The second kappa shape index (κ2) is 5.63. The number of rotatable bonds is 3. The van der Waals surface area contributed by atoms with Crippen LogP contribution in [0.1, 0.15) is 40.0 Å². The maximum absolute atomic E-state index is 12.3. The van der Waals surface area contributed by atoms with Gasteiger partial charge in [0.25, 0.3) is 5.91 Å². The highest BCUT2D eigenvalue weighted by molar-refractivity contribution is 6.07. The summed E-state index contributed by atoms with van der Waals surface area (Å²) in [6.07, 6.45) is 1.68. The molecular formula is C14H24N4O3. The maximum atomic E-state index is 12.3. The van der Waals surface area contributed by atoms with Crippen LogP contribution in [0.5, 0.6) is 0 Å². The number of carbonyl (C=O) groups is 3. The van der Waals surface area contributed by atoms with Gasteiger partial charge in [-0.25, -0.2) is 4.79 Å². The summed E-state index contributed by atoms with van der Waals surface area (Å²) >= 11 is 0. The zero-order valence-corrected chi connectivity index (χ0v) is 12.9. The minimum Gasteiger partial charge on any atom is -0.340 e. The number of likely N-dealkylation sites (tertiary alicyclic amines) is 1. The summed E-state index contributed by atoms with van der Waals surface area (Å²) in [4.78, 5) is 37.2. The number of carbonyl (C=O) groups excluding carboxylic acids is 3. The molecule has 2 heterocycles. The van der Waals surface area contributed by atoms with Crippen LogP contribution in [0.4, 0.5) is 4.79 Å². The number of piperidine rings is 1. The second-order valence-electron chi connectivity index (χ2n) is 6.84. The molecule has 0 aromatic rings. The molecule has 2 rings (SSSR count). The smallest absolute Gasteiger partial charge is 0.322 e. The van der Waals surface area contributed by atoms with Gasteiger partial charge in [-0.05, 0) is 33.6 Å². The van der Waals surface area contributed by atoms with Crippen molar-refractivity contribution in [1.29, 1.82) is 0 Å². The van der Waals surface area contributed by atoms with Gasteiger partial charge in [0.2, 0.25) is 5.91 Å². The SMILES string of the molecule is CC(C)(C)NCCC(=O)N1CCCC2(C1)NC(=O)NC2=O. The van der Waals surface area contributed by atoms with Crippen LogP contribution in [0.15, 0.2) is 0 Å². The Morgan fingerprint density at radius 3 is 2.67 bits per heavy atom. The molecule has 7 heteroatoms. The number of hydrogen-bond acceptors (Lipinski definition) is 4. The lowest BCUT2D eigenvalue weighted by Gasteiger charge is -2.38. The Balaban J connectivity index is 1.90. The first-order valence-electron chi connectivity index (χ1n) is 7.38. The fourth-order valence-corrected chi connectivity index (χ4v) is 2.79. The molecule has 4 amide bonds. The fraction of sp³-hybridized carbons (Fsp3) is 0.786. The average Bonchev–Trinajstić information content (AvgIpc) is 2.62. The Bertz CT molecular complexity index is 458. The summed E-state index contributed by atoms with van der Waals surface area (Å²) in [7, 11) is 0. The van der Waals surface area contributed by atoms with Crippen LogP contribution in [0.3, 0.4) is 0 Å². The number of amides is 4. The van der Waals surface area contributed by atoms with E-state index >= 15 is 0 Å². The van der Waals surface area contributed by atoms with E-state index in [2.05, 4.69) is 16.0 Å². The van der Waals surface area contributed by atoms with Crippen LogP contribution in [0.25, 0.3) is 0 Å². The Morgan fingerprint density at radius 1 is 1.38 bits per heavy atom. The van der Waals surface area contributed by atoms with Crippen molar-refractivity contribution in [2.75, 3.05) is 19.6 Å². The molecule has 2 fully saturated rings. The van der Waals surface area contributed by atoms with Gasteiger partial charge in [0, 0.05) is 25.0 Å². The Labute approximate surface area is 124 Å². The zero-order chi connectivity index (χ0) is 15.7. The summed E-state index contributed by atoms with van der Waals surface area (Å²) in [5.41, 5.74) is -0.953. The van der Waals surface area contributed by atoms with Crippen molar-refractivity contribution in [1.82, 2.24) is 20.9 Å². The van der Waals surface area contributed by atoms with Crippen LogP contribution in [-0.2, 0) is 9.59 Å². The summed E-state index contributed by atoms with van der Waals surface area (Å²) in [6.45, 7) is 7.64. The Kier molecular flexibility index (Phi) is 4.22. The van der Waals surface area contributed by atoms with Gasteiger partial charge in [-0.3, -0.25) is 14.9 Å². The first-order valence-corrected chi connectivity index (χ1v) is 7.38. The first-order chi connectivity index (χ1) is 9.72. The molecular weight excluding hydrogens is 272 g/mol. The molecule has 1 spiro atoms. The van der Waals surface area contributed by atoms with Crippen LogP contribution >= 0.6 is 0 Å². The van der Waals surface area contributed by atoms with E-state index in [1.807, 2.05) is 20.8 Å². The third kappa shape index (κ3) is 3.72. The van der Waals surface area contributed by atoms with Gasteiger partial charge < -0.3 is 15.5 Å². The van der Waals surface area contributed by atoms with E-state index in [4.69, 9.17) is 0 Å². The van der Waals surface area contributed by atoms with Gasteiger partial charge >= 0.3 is 6.03 Å². The highest BCUT2D eigenvalue weighted by Crippen LogP contribution is 2.24. The number of urea groups is 1. The first kappa shape index (κ1) is 15.8. The molecule has 2 saturated heterocycles. The normalized spacial score (nSPS) is 26.0. The number of imide groups is 1. The van der Waals surface area contributed by atoms with Crippen LogP contribution in [-0.4, -0.2) is 53.5 Å². The summed E-state index contributed by atoms with van der Waals surface area (Å²) in [5, 5.41) is 8.21. The Hall–Kier alpha value is -1.63. The summed E-state index contributed by atoms with van der Waals surface area (Å²) < 4.78 is 0. The maximum Gasteiger partial charge on any atom is 0.322 e. The van der Waals surface area contributed by atoms with Gasteiger partial charge in [0.15, 0.2) is 0 Å². The minimum atomic E-state index is -0.928. The number of nitrogens with zero attached hydrogens (tertiary/aromatic N) is 1. The predicted molar refractivity (Wildman–Crippen MR) is 77.6 cm³/mol. The monoisotopic (exact) mass is 296 g/mol. The lowest BCUT2D eigenvalue weighted by Crippen LogP contribution is -2.59. The Morgan fingerprint density at radius 2 is 2.10 bits per heavy atom. The lowest BCUT2D eigenvalue weighted by atomic mass is 9.89. The van der Waals surface area contributed by atoms with Gasteiger partial charge in [0.05, 0.1) is 6.54 Å². The molecule has 3 N–H and O–H groups in total. The van der Waals surface area contributed by atoms with E-state index in [1.165, 1.54) is 0 Å². The molecule has 1 unspecified atom stereocenters. The molecule has 0 saturated carbocycles. The van der Waals surface area contributed by atoms with Gasteiger partial charge in [-0.2, -0.15) is 0 Å². The van der Waals surface area contributed by atoms with Crippen LogP contribution in [0, 0.1) is 0 Å². The van der Waals surface area contributed by atoms with Gasteiger partial charge in [-0.1, -0.05) is 0 Å². The van der Waals surface area contributed by atoms with Crippen molar-refractivity contribution in [3.63, 3.8) is 0 Å². The number of hydrogen-bond donors (Lipinski definition) is 3. The molecule has 7 nitrogen and oxygen atoms in total. The topological polar surface area (TPSA) is 90.5 Å². The van der Waals surface area contributed by atoms with Crippen molar-refractivity contribution in [3.05, 3.63) is 0 Å². The minimum absolute atomic E-state index is 0.0137. The standard InChI is InChI=1S/C14H24N4O3/c1-13(2,3)15-7-5-10(19)18-8-4-6-14(9-18)11(20)16-12(21)17-14/h15H,4-9H2,1-3H3,(H2,16,17,20,21). The average molecular weight is 296 g/mol. The van der Waals surface area contributed by atoms with Gasteiger partial charge in [-0.15, -0.1) is 0 Å². The van der Waals surface area contributed by atoms with E-state index in [9.17, 15) is 14.4 Å². The number of nitrogens with one attached hydrogen (secondary N) is 3. The summed E-state index contributed by atoms with van der Waals surface area (Å²) in [5.74, 6) is -0.308. The molecule has 21 heavy (non-hydrogen) atoms. The molecule has 0 bridgehead atoms. The highest BCUT2D eigenvalue weighted by atomic mass is 16.2. The second-order valence-corrected chi connectivity index (χ2v) is 6.84. The van der Waals surface area contributed by atoms with E-state index < -0.39 is 11.6 Å². The fourth-order valence-electron chi connectivity index (χ4n) is 2.79. The van der Waals surface area contributed by atoms with E-state index in [0.717, 1.165) is 0 Å². The molecule has 2 aliphatic heterocycles. The zero-order valence-electron chi connectivity index (χ0n) is 12.9. The van der Waals surface area contributed by atoms with Crippen molar-refractivity contribution in [3.8, 4) is 0 Å². The molecule has 0 aromatic carbocycles. The van der Waals surface area contributed by atoms with Crippen LogP contribution in [0.2, 0.25) is 0 Å². The summed E-state index contributed by atoms with van der Waals surface area (Å²) in [6, 6.07) is -0.469.